The third kappa shape index (κ3) is 3.47. The Morgan fingerprint density at radius 2 is 1.94 bits per heavy atom. The van der Waals surface area contributed by atoms with E-state index in [9.17, 15) is 4.79 Å². The van der Waals surface area contributed by atoms with Crippen LogP contribution in [0.1, 0.15) is 32.4 Å². The molecule has 16 heavy (non-hydrogen) atoms. The Kier molecular flexibility index (Phi) is 4.77. The molecule has 1 rings (SSSR count). The molecular weight excluding hydrogens is 315 g/mol. The van der Waals surface area contributed by atoms with Crippen LogP contribution in [0.25, 0.3) is 0 Å². The van der Waals surface area contributed by atoms with E-state index in [1.165, 1.54) is 0 Å². The highest BCUT2D eigenvalue weighted by Gasteiger charge is 2.29. The summed E-state index contributed by atoms with van der Waals surface area (Å²) in [6.07, 6.45) is -0.184. The lowest BCUT2D eigenvalue weighted by molar-refractivity contribution is -0.157. The molecule has 0 N–H and O–H groups in total. The summed E-state index contributed by atoms with van der Waals surface area (Å²) in [4.78, 5) is 11.9. The molecule has 2 nitrogen and oxygen atoms in total. The number of rotatable bonds is 4. The number of esters is 1. The smallest absolute Gasteiger partial charge is 0.312 e. The molecule has 3 heteroatoms. The zero-order chi connectivity index (χ0) is 12.2. The molecule has 0 radical (unpaired) electrons. The van der Waals surface area contributed by atoms with Crippen molar-refractivity contribution in [3.05, 3.63) is 35.9 Å². The molecule has 0 saturated carbocycles. The minimum absolute atomic E-state index is 0.141. The summed E-state index contributed by atoms with van der Waals surface area (Å²) < 4.78 is 6.20. The van der Waals surface area contributed by atoms with Crippen molar-refractivity contribution >= 4 is 28.6 Å². The summed E-state index contributed by atoms with van der Waals surface area (Å²) in [5.41, 5.74) is 0.615. The molecule has 0 unspecified atom stereocenters. The van der Waals surface area contributed by atoms with Gasteiger partial charge in [-0.3, -0.25) is 4.79 Å². The fourth-order valence-corrected chi connectivity index (χ4v) is 1.48. The molecule has 0 fully saturated rings. The van der Waals surface area contributed by atoms with Crippen molar-refractivity contribution in [2.75, 3.05) is 4.43 Å². The number of ether oxygens (including phenoxy) is 1. The van der Waals surface area contributed by atoms with Crippen molar-refractivity contribution < 1.29 is 9.53 Å². The zero-order valence-corrected chi connectivity index (χ0v) is 12.0. The van der Waals surface area contributed by atoms with Gasteiger partial charge in [0, 0.05) is 4.43 Å². The molecule has 0 amide bonds. The summed E-state index contributed by atoms with van der Waals surface area (Å²) in [7, 11) is 0. The topological polar surface area (TPSA) is 26.3 Å². The first kappa shape index (κ1) is 13.5. The van der Waals surface area contributed by atoms with Gasteiger partial charge in [-0.1, -0.05) is 52.9 Å². The molecule has 1 atom stereocenters. The Labute approximate surface area is 111 Å². The number of hydrogen-bond donors (Lipinski definition) is 0. The van der Waals surface area contributed by atoms with Crippen LogP contribution in [0, 0.1) is 5.41 Å². The maximum Gasteiger partial charge on any atom is 0.312 e. The van der Waals surface area contributed by atoms with Gasteiger partial charge in [-0.25, -0.2) is 0 Å². The lowest BCUT2D eigenvalue weighted by Gasteiger charge is -2.23. The van der Waals surface area contributed by atoms with Crippen LogP contribution in [-0.2, 0) is 9.53 Å². The third-order valence-electron chi connectivity index (χ3n) is 2.44. The summed E-state index contributed by atoms with van der Waals surface area (Å²) in [5, 5.41) is 0. The van der Waals surface area contributed by atoms with Gasteiger partial charge in [0.25, 0.3) is 0 Å². The van der Waals surface area contributed by atoms with Gasteiger partial charge in [0.05, 0.1) is 5.41 Å². The van der Waals surface area contributed by atoms with E-state index in [1.807, 2.05) is 51.1 Å². The zero-order valence-electron chi connectivity index (χ0n) is 9.87. The van der Waals surface area contributed by atoms with E-state index in [-0.39, 0.29) is 12.1 Å². The van der Waals surface area contributed by atoms with Crippen molar-refractivity contribution in [2.24, 2.45) is 5.41 Å². The van der Waals surface area contributed by atoms with Crippen molar-refractivity contribution in [3.8, 4) is 0 Å². The van der Waals surface area contributed by atoms with Crippen LogP contribution in [0.2, 0.25) is 0 Å². The number of benzene rings is 1. The fraction of sp³-hybridized carbons (Fsp3) is 0.462. The predicted octanol–water partition coefficient (Wildman–Crippen LogP) is 3.75. The van der Waals surface area contributed by atoms with Crippen LogP contribution in [0.15, 0.2) is 30.3 Å². The van der Waals surface area contributed by atoms with Crippen LogP contribution in [-0.4, -0.2) is 10.4 Å². The summed E-state index contributed by atoms with van der Waals surface area (Å²) in [6, 6.07) is 9.78. The third-order valence-corrected chi connectivity index (χ3v) is 4.35. The van der Waals surface area contributed by atoms with Crippen molar-refractivity contribution in [3.63, 3.8) is 0 Å². The van der Waals surface area contributed by atoms with Crippen molar-refractivity contribution in [1.82, 2.24) is 0 Å². The molecule has 0 bridgehead atoms. The molecule has 0 spiro atoms. The average Bonchev–Trinajstić information content (AvgIpc) is 2.30. The molecule has 1 aromatic carbocycles. The van der Waals surface area contributed by atoms with E-state index >= 15 is 0 Å². The van der Waals surface area contributed by atoms with Gasteiger partial charge in [-0.05, 0) is 26.3 Å². The normalized spacial score (nSPS) is 13.2. The maximum atomic E-state index is 11.9. The molecule has 0 saturated heterocycles. The van der Waals surface area contributed by atoms with Crippen LogP contribution >= 0.6 is 22.6 Å². The van der Waals surface area contributed by atoms with E-state index < -0.39 is 5.41 Å². The number of hydrogen-bond acceptors (Lipinski definition) is 2. The number of halogens is 1. The highest BCUT2D eigenvalue weighted by molar-refractivity contribution is 14.1. The molecule has 0 aliphatic rings. The summed E-state index contributed by atoms with van der Waals surface area (Å²) in [5.74, 6) is -0.141. The van der Waals surface area contributed by atoms with Crippen LogP contribution < -0.4 is 0 Å². The molecule has 1 aromatic rings. The molecule has 0 aliphatic carbocycles. The summed E-state index contributed by atoms with van der Waals surface area (Å²) in [6.45, 7) is 5.70. The Balaban J connectivity index is 2.66. The van der Waals surface area contributed by atoms with E-state index in [2.05, 4.69) is 22.6 Å². The molecule has 88 valence electrons. The number of carbonyl (C=O) groups is 1. The second-order valence-corrected chi connectivity index (χ2v) is 5.24. The van der Waals surface area contributed by atoms with E-state index in [0.29, 0.717) is 0 Å². The SMILES string of the molecule is C[C@@H](OC(=O)C(C)(C)CI)c1ccccc1. The molecule has 0 aromatic heterocycles. The second kappa shape index (κ2) is 5.66. The quantitative estimate of drug-likeness (QED) is 0.477. The van der Waals surface area contributed by atoms with Gasteiger partial charge in [0.2, 0.25) is 0 Å². The first-order chi connectivity index (χ1) is 7.47. The van der Waals surface area contributed by atoms with E-state index in [0.717, 1.165) is 9.99 Å². The average molecular weight is 332 g/mol. The Hall–Kier alpha value is -0.580. The minimum Gasteiger partial charge on any atom is -0.457 e. The highest BCUT2D eigenvalue weighted by atomic mass is 127. The first-order valence-electron chi connectivity index (χ1n) is 5.29. The lowest BCUT2D eigenvalue weighted by atomic mass is 9.97. The van der Waals surface area contributed by atoms with Crippen LogP contribution in [0.3, 0.4) is 0 Å². The number of carbonyl (C=O) groups excluding carboxylic acids is 1. The molecule has 0 aliphatic heterocycles. The monoisotopic (exact) mass is 332 g/mol. The Bertz CT molecular complexity index is 346. The van der Waals surface area contributed by atoms with Crippen molar-refractivity contribution in [2.45, 2.75) is 26.9 Å². The predicted molar refractivity (Wildman–Crippen MR) is 73.6 cm³/mol. The minimum atomic E-state index is -0.413. The standard InChI is InChI=1S/C13H17IO2/c1-10(11-7-5-4-6-8-11)16-12(15)13(2,3)9-14/h4-8,10H,9H2,1-3H3/t10-/m1/s1. The van der Waals surface area contributed by atoms with E-state index in [4.69, 9.17) is 4.74 Å². The van der Waals surface area contributed by atoms with Gasteiger partial charge >= 0.3 is 5.97 Å². The molecular formula is C13H17IO2. The first-order valence-corrected chi connectivity index (χ1v) is 6.82. The number of alkyl halides is 1. The maximum absolute atomic E-state index is 11.9. The van der Waals surface area contributed by atoms with Crippen LogP contribution in [0.5, 0.6) is 0 Å². The van der Waals surface area contributed by atoms with E-state index in [1.54, 1.807) is 0 Å². The van der Waals surface area contributed by atoms with Gasteiger partial charge in [-0.15, -0.1) is 0 Å². The van der Waals surface area contributed by atoms with Gasteiger partial charge < -0.3 is 4.74 Å². The van der Waals surface area contributed by atoms with Crippen molar-refractivity contribution in [1.29, 1.82) is 0 Å². The fourth-order valence-electron chi connectivity index (χ4n) is 1.17. The lowest BCUT2D eigenvalue weighted by Crippen LogP contribution is -2.28. The van der Waals surface area contributed by atoms with Crippen LogP contribution in [0.4, 0.5) is 0 Å². The Morgan fingerprint density at radius 1 is 1.38 bits per heavy atom. The van der Waals surface area contributed by atoms with Gasteiger partial charge in [0.15, 0.2) is 0 Å². The molecule has 0 heterocycles. The Morgan fingerprint density at radius 3 is 2.44 bits per heavy atom. The summed E-state index contributed by atoms with van der Waals surface area (Å²) >= 11 is 2.21. The van der Waals surface area contributed by atoms with Gasteiger partial charge in [-0.2, -0.15) is 0 Å². The largest absolute Gasteiger partial charge is 0.457 e. The second-order valence-electron chi connectivity index (χ2n) is 4.48. The highest BCUT2D eigenvalue weighted by Crippen LogP contribution is 2.25. The van der Waals surface area contributed by atoms with Gasteiger partial charge in [0.1, 0.15) is 6.10 Å².